The Morgan fingerprint density at radius 2 is 2.29 bits per heavy atom. The van der Waals surface area contributed by atoms with Gasteiger partial charge in [-0.25, -0.2) is 4.98 Å². The van der Waals surface area contributed by atoms with Crippen LogP contribution in [-0.4, -0.2) is 35.1 Å². The molecule has 1 aromatic carbocycles. The summed E-state index contributed by atoms with van der Waals surface area (Å²) in [7, 11) is 0. The molecule has 0 radical (unpaired) electrons. The van der Waals surface area contributed by atoms with Gasteiger partial charge in [-0.05, 0) is 32.0 Å². The lowest BCUT2D eigenvalue weighted by molar-refractivity contribution is 0.0814. The maximum Gasteiger partial charge on any atom is 0.226 e. The fourth-order valence-corrected chi connectivity index (χ4v) is 2.84. The number of oxazole rings is 1. The van der Waals surface area contributed by atoms with Crippen molar-refractivity contribution in [2.45, 2.75) is 25.9 Å². The first-order valence-electron chi connectivity index (χ1n) is 7.21. The highest BCUT2D eigenvalue weighted by Gasteiger charge is 2.30. The number of hydrogen-bond donors (Lipinski definition) is 1. The van der Waals surface area contributed by atoms with E-state index < -0.39 is 0 Å². The summed E-state index contributed by atoms with van der Waals surface area (Å²) in [5.41, 5.74) is 2.00. The van der Waals surface area contributed by atoms with Gasteiger partial charge in [0.25, 0.3) is 0 Å². The third-order valence-corrected chi connectivity index (χ3v) is 4.18. The predicted molar refractivity (Wildman–Crippen MR) is 84.3 cm³/mol. The van der Waals surface area contributed by atoms with Crippen molar-refractivity contribution in [3.05, 3.63) is 41.2 Å². The summed E-state index contributed by atoms with van der Waals surface area (Å²) in [4.78, 5) is 7.03. The van der Waals surface area contributed by atoms with E-state index >= 15 is 0 Å². The van der Waals surface area contributed by atoms with E-state index in [1.54, 1.807) is 6.26 Å². The molecule has 5 heteroatoms. The molecule has 0 aliphatic carbocycles. The maximum absolute atomic E-state index is 6.01. The Morgan fingerprint density at radius 1 is 1.43 bits per heavy atom. The highest BCUT2D eigenvalue weighted by Crippen LogP contribution is 2.24. The molecule has 3 rings (SSSR count). The van der Waals surface area contributed by atoms with Crippen molar-refractivity contribution in [1.29, 1.82) is 0 Å². The molecule has 0 amide bonds. The second-order valence-corrected chi connectivity index (χ2v) is 6.50. The molecule has 1 saturated heterocycles. The molecular weight excluding hydrogens is 286 g/mol. The van der Waals surface area contributed by atoms with E-state index in [9.17, 15) is 0 Å². The van der Waals surface area contributed by atoms with Gasteiger partial charge in [0, 0.05) is 42.3 Å². The first-order chi connectivity index (χ1) is 10.0. The standard InChI is InChI=1S/C16H20ClN3O/c1-16(2)11-18-6-7-20(16)9-14-10-21-15(19-14)12-4-3-5-13(17)8-12/h3-5,8,10,18H,6-7,9,11H2,1-2H3. The van der Waals surface area contributed by atoms with Gasteiger partial charge in [-0.1, -0.05) is 17.7 Å². The van der Waals surface area contributed by atoms with Crippen molar-refractivity contribution in [3.8, 4) is 11.5 Å². The number of nitrogens with zero attached hydrogens (tertiary/aromatic N) is 2. The van der Waals surface area contributed by atoms with Crippen molar-refractivity contribution in [2.75, 3.05) is 19.6 Å². The van der Waals surface area contributed by atoms with Gasteiger partial charge < -0.3 is 9.73 Å². The SMILES string of the molecule is CC1(C)CNCCN1Cc1coc(-c2cccc(Cl)c2)n1. The van der Waals surface area contributed by atoms with Crippen molar-refractivity contribution >= 4 is 11.6 Å². The molecule has 2 aromatic rings. The van der Waals surface area contributed by atoms with Crippen LogP contribution in [-0.2, 0) is 6.54 Å². The van der Waals surface area contributed by atoms with Gasteiger partial charge in [-0.2, -0.15) is 0 Å². The Labute approximate surface area is 130 Å². The minimum absolute atomic E-state index is 0.132. The van der Waals surface area contributed by atoms with Crippen molar-refractivity contribution < 1.29 is 4.42 Å². The Kier molecular flexibility index (Phi) is 4.02. The van der Waals surface area contributed by atoms with E-state index in [0.29, 0.717) is 10.9 Å². The lowest BCUT2D eigenvalue weighted by Crippen LogP contribution is -2.57. The quantitative estimate of drug-likeness (QED) is 0.945. The lowest BCUT2D eigenvalue weighted by atomic mass is 10.00. The number of benzene rings is 1. The van der Waals surface area contributed by atoms with Crippen LogP contribution in [0.3, 0.4) is 0 Å². The number of rotatable bonds is 3. The molecule has 0 bridgehead atoms. The molecule has 21 heavy (non-hydrogen) atoms. The lowest BCUT2D eigenvalue weighted by Gasteiger charge is -2.42. The van der Waals surface area contributed by atoms with Crippen LogP contribution in [0.4, 0.5) is 0 Å². The minimum atomic E-state index is 0.132. The molecule has 1 aliphatic heterocycles. The molecule has 1 N–H and O–H groups in total. The van der Waals surface area contributed by atoms with Crippen LogP contribution in [0, 0.1) is 0 Å². The third kappa shape index (κ3) is 3.28. The Balaban J connectivity index is 1.76. The zero-order valence-corrected chi connectivity index (χ0v) is 13.2. The van der Waals surface area contributed by atoms with Crippen molar-refractivity contribution in [2.24, 2.45) is 0 Å². The molecule has 2 heterocycles. The van der Waals surface area contributed by atoms with Crippen LogP contribution in [0.1, 0.15) is 19.5 Å². The Bertz CT molecular complexity index is 623. The van der Waals surface area contributed by atoms with E-state index in [4.69, 9.17) is 16.0 Å². The van der Waals surface area contributed by atoms with E-state index in [0.717, 1.165) is 37.4 Å². The average molecular weight is 306 g/mol. The second-order valence-electron chi connectivity index (χ2n) is 6.07. The van der Waals surface area contributed by atoms with Gasteiger partial charge in [-0.3, -0.25) is 4.90 Å². The Morgan fingerprint density at radius 3 is 3.05 bits per heavy atom. The molecule has 0 spiro atoms. The molecule has 0 atom stereocenters. The highest BCUT2D eigenvalue weighted by molar-refractivity contribution is 6.30. The van der Waals surface area contributed by atoms with Crippen molar-refractivity contribution in [1.82, 2.24) is 15.2 Å². The van der Waals surface area contributed by atoms with Crippen molar-refractivity contribution in [3.63, 3.8) is 0 Å². The summed E-state index contributed by atoms with van der Waals surface area (Å²) >= 11 is 6.01. The zero-order chi connectivity index (χ0) is 14.9. The largest absolute Gasteiger partial charge is 0.444 e. The van der Waals surface area contributed by atoms with E-state index in [2.05, 4.69) is 29.0 Å². The third-order valence-electron chi connectivity index (χ3n) is 3.95. The fourth-order valence-electron chi connectivity index (χ4n) is 2.65. The second kappa shape index (κ2) is 5.79. The smallest absolute Gasteiger partial charge is 0.226 e. The van der Waals surface area contributed by atoms with E-state index in [1.807, 2.05) is 24.3 Å². The van der Waals surface area contributed by atoms with E-state index in [1.165, 1.54) is 0 Å². The topological polar surface area (TPSA) is 41.3 Å². The molecule has 1 aliphatic rings. The zero-order valence-electron chi connectivity index (χ0n) is 12.4. The van der Waals surface area contributed by atoms with Gasteiger partial charge >= 0.3 is 0 Å². The first kappa shape index (κ1) is 14.6. The summed E-state index contributed by atoms with van der Waals surface area (Å²) in [5, 5.41) is 4.12. The number of nitrogens with one attached hydrogen (secondary N) is 1. The van der Waals surface area contributed by atoms with Crippen LogP contribution in [0.2, 0.25) is 5.02 Å². The molecule has 1 aromatic heterocycles. The van der Waals surface area contributed by atoms with E-state index in [-0.39, 0.29) is 5.54 Å². The first-order valence-corrected chi connectivity index (χ1v) is 7.58. The van der Waals surface area contributed by atoms with Crippen LogP contribution in [0.5, 0.6) is 0 Å². The fraction of sp³-hybridized carbons (Fsp3) is 0.438. The van der Waals surface area contributed by atoms with Gasteiger partial charge in [0.15, 0.2) is 0 Å². The summed E-state index contributed by atoms with van der Waals surface area (Å²) in [6, 6.07) is 7.57. The predicted octanol–water partition coefficient (Wildman–Crippen LogP) is 3.18. The molecule has 1 fully saturated rings. The minimum Gasteiger partial charge on any atom is -0.444 e. The number of halogens is 1. The number of hydrogen-bond acceptors (Lipinski definition) is 4. The average Bonchev–Trinajstić information content (AvgIpc) is 2.90. The normalized spacial score (nSPS) is 18.8. The summed E-state index contributed by atoms with van der Waals surface area (Å²) in [6.45, 7) is 8.33. The summed E-state index contributed by atoms with van der Waals surface area (Å²) in [6.07, 6.45) is 1.74. The molecule has 112 valence electrons. The van der Waals surface area contributed by atoms with Crippen LogP contribution >= 0.6 is 11.6 Å². The summed E-state index contributed by atoms with van der Waals surface area (Å²) in [5.74, 6) is 0.625. The molecule has 0 unspecified atom stereocenters. The molecule has 0 saturated carbocycles. The van der Waals surface area contributed by atoms with Gasteiger partial charge in [0.1, 0.15) is 6.26 Å². The monoisotopic (exact) mass is 305 g/mol. The van der Waals surface area contributed by atoms with Crippen LogP contribution < -0.4 is 5.32 Å². The van der Waals surface area contributed by atoms with Gasteiger partial charge in [0.2, 0.25) is 5.89 Å². The van der Waals surface area contributed by atoms with Gasteiger partial charge in [-0.15, -0.1) is 0 Å². The van der Waals surface area contributed by atoms with Gasteiger partial charge in [0.05, 0.1) is 5.69 Å². The number of aromatic nitrogens is 1. The highest BCUT2D eigenvalue weighted by atomic mass is 35.5. The maximum atomic E-state index is 6.01. The molecule has 4 nitrogen and oxygen atoms in total. The summed E-state index contributed by atoms with van der Waals surface area (Å²) < 4.78 is 5.60. The molecular formula is C16H20ClN3O. The van der Waals surface area contributed by atoms with Crippen LogP contribution in [0.25, 0.3) is 11.5 Å². The van der Waals surface area contributed by atoms with Crippen LogP contribution in [0.15, 0.2) is 34.9 Å². The number of piperazine rings is 1. The Hall–Kier alpha value is -1.36.